The van der Waals surface area contributed by atoms with Crippen molar-refractivity contribution in [3.8, 4) is 5.75 Å². The number of hydrogen-bond donors (Lipinski definition) is 0. The molecule has 2 heterocycles. The van der Waals surface area contributed by atoms with E-state index < -0.39 is 29.5 Å². The molecule has 176 valence electrons. The average molecular weight is 449 g/mol. The Morgan fingerprint density at radius 2 is 1.88 bits per heavy atom. The summed E-state index contributed by atoms with van der Waals surface area (Å²) in [6, 6.07) is 4.28. The van der Waals surface area contributed by atoms with Crippen molar-refractivity contribution in [2.45, 2.75) is 45.3 Å². The predicted molar refractivity (Wildman–Crippen MR) is 117 cm³/mol. The van der Waals surface area contributed by atoms with Crippen LogP contribution in [0.15, 0.2) is 18.2 Å². The van der Waals surface area contributed by atoms with Gasteiger partial charge in [0.25, 0.3) is 5.78 Å². The molecule has 0 aliphatic carbocycles. The number of carbonyl (C=O) groups excluding carboxylic acids is 3. The lowest BCUT2D eigenvalue weighted by Crippen LogP contribution is -2.47. The van der Waals surface area contributed by atoms with Gasteiger partial charge in [0, 0.05) is 26.1 Å². The first kappa shape index (κ1) is 24.0. The second-order valence-electron chi connectivity index (χ2n) is 8.87. The number of nitrogens with zero attached hydrogens (tertiary/aromatic N) is 2. The Hall–Kier alpha value is -2.65. The Morgan fingerprint density at radius 1 is 1.16 bits per heavy atom. The van der Waals surface area contributed by atoms with Crippen LogP contribution in [-0.4, -0.2) is 81.0 Å². The molecule has 0 saturated carbocycles. The third kappa shape index (κ3) is 5.98. The van der Waals surface area contributed by atoms with Gasteiger partial charge >= 0.3 is 12.1 Å². The van der Waals surface area contributed by atoms with Gasteiger partial charge in [-0.05, 0) is 51.0 Å². The second kappa shape index (κ2) is 10.3. The summed E-state index contributed by atoms with van der Waals surface area (Å²) in [5.74, 6) is -1.13. The Labute approximate surface area is 188 Å². The molecule has 2 aliphatic heterocycles. The summed E-state index contributed by atoms with van der Waals surface area (Å²) in [7, 11) is 1.14. The zero-order valence-corrected chi connectivity index (χ0v) is 19.2. The van der Waals surface area contributed by atoms with E-state index in [0.717, 1.165) is 51.9 Å². The number of morpholine rings is 1. The molecule has 0 aromatic heterocycles. The standard InChI is InChI=1S/C23H32N2O7/c1-23(2,3)32-22(28)25-18-7-6-17(31-11-5-8-24-9-12-30-13-10-24)14-16(18)15-19(25)20(26)21(27)29-4/h6-7,14,19H,5,8-13,15H2,1-4H3. The molecule has 0 spiro atoms. The van der Waals surface area contributed by atoms with Gasteiger partial charge in [0.1, 0.15) is 17.4 Å². The monoisotopic (exact) mass is 448 g/mol. The number of ether oxygens (including phenoxy) is 4. The normalized spacial score (nSPS) is 18.8. The average Bonchev–Trinajstić information content (AvgIpc) is 3.14. The van der Waals surface area contributed by atoms with Gasteiger partial charge < -0.3 is 18.9 Å². The number of ketones is 1. The maximum Gasteiger partial charge on any atom is 0.415 e. The topological polar surface area (TPSA) is 94.6 Å². The van der Waals surface area contributed by atoms with Gasteiger partial charge in [-0.3, -0.25) is 14.6 Å². The number of benzene rings is 1. The van der Waals surface area contributed by atoms with Gasteiger partial charge in [-0.15, -0.1) is 0 Å². The molecule has 3 rings (SSSR count). The van der Waals surface area contributed by atoms with Crippen molar-refractivity contribution in [2.24, 2.45) is 0 Å². The van der Waals surface area contributed by atoms with Crippen LogP contribution in [0.5, 0.6) is 5.75 Å². The summed E-state index contributed by atoms with van der Waals surface area (Å²) in [4.78, 5) is 40.9. The van der Waals surface area contributed by atoms with Crippen LogP contribution in [0.1, 0.15) is 32.8 Å². The highest BCUT2D eigenvalue weighted by atomic mass is 16.6. The van der Waals surface area contributed by atoms with Crippen LogP contribution >= 0.6 is 0 Å². The minimum atomic E-state index is -1.01. The molecule has 1 unspecified atom stereocenters. The number of hydrogen-bond acceptors (Lipinski definition) is 8. The smallest absolute Gasteiger partial charge is 0.415 e. The Morgan fingerprint density at radius 3 is 2.53 bits per heavy atom. The fourth-order valence-corrected chi connectivity index (χ4v) is 3.80. The van der Waals surface area contributed by atoms with E-state index in [1.807, 2.05) is 6.07 Å². The van der Waals surface area contributed by atoms with Gasteiger partial charge in [0.05, 0.1) is 32.6 Å². The molecule has 1 atom stereocenters. The van der Waals surface area contributed by atoms with E-state index in [1.54, 1.807) is 32.9 Å². The van der Waals surface area contributed by atoms with Crippen molar-refractivity contribution in [2.75, 3.05) is 51.5 Å². The van der Waals surface area contributed by atoms with Crippen LogP contribution in [0.4, 0.5) is 10.5 Å². The minimum absolute atomic E-state index is 0.188. The third-order valence-electron chi connectivity index (χ3n) is 5.31. The maximum absolute atomic E-state index is 12.9. The SMILES string of the molecule is COC(=O)C(=O)C1Cc2cc(OCCCN3CCOCC3)ccc2N1C(=O)OC(C)(C)C. The number of methoxy groups -OCH3 is 1. The lowest BCUT2D eigenvalue weighted by atomic mass is 10.1. The zero-order chi connectivity index (χ0) is 23.3. The fourth-order valence-electron chi connectivity index (χ4n) is 3.80. The van der Waals surface area contributed by atoms with E-state index in [2.05, 4.69) is 9.64 Å². The van der Waals surface area contributed by atoms with Crippen LogP contribution in [0.25, 0.3) is 0 Å². The lowest BCUT2D eigenvalue weighted by molar-refractivity contribution is -0.152. The molecule has 0 bridgehead atoms. The maximum atomic E-state index is 12.9. The fraction of sp³-hybridized carbons (Fsp3) is 0.609. The molecule has 1 fully saturated rings. The van der Waals surface area contributed by atoms with Crippen LogP contribution in [0.2, 0.25) is 0 Å². The first-order chi connectivity index (χ1) is 15.2. The number of amides is 1. The quantitative estimate of drug-likeness (QED) is 0.356. The molecule has 9 nitrogen and oxygen atoms in total. The Balaban J connectivity index is 1.69. The number of rotatable bonds is 7. The van der Waals surface area contributed by atoms with E-state index >= 15 is 0 Å². The van der Waals surface area contributed by atoms with Crippen LogP contribution in [0, 0.1) is 0 Å². The van der Waals surface area contributed by atoms with E-state index in [1.165, 1.54) is 4.90 Å². The van der Waals surface area contributed by atoms with Crippen molar-refractivity contribution >= 4 is 23.5 Å². The molecule has 0 radical (unpaired) electrons. The second-order valence-corrected chi connectivity index (χ2v) is 8.87. The Bertz CT molecular complexity index is 843. The van der Waals surface area contributed by atoms with Gasteiger partial charge in [-0.25, -0.2) is 9.59 Å². The van der Waals surface area contributed by atoms with E-state index in [0.29, 0.717) is 18.0 Å². The van der Waals surface area contributed by atoms with E-state index in [4.69, 9.17) is 14.2 Å². The Kier molecular flexibility index (Phi) is 7.73. The number of Topliss-reactive ketones (excluding diaryl/α,β-unsaturated/α-hetero) is 1. The third-order valence-corrected chi connectivity index (χ3v) is 5.31. The van der Waals surface area contributed by atoms with Crippen molar-refractivity contribution in [1.29, 1.82) is 0 Å². The molecule has 1 aromatic rings. The predicted octanol–water partition coefficient (Wildman–Crippen LogP) is 2.20. The highest BCUT2D eigenvalue weighted by molar-refractivity contribution is 6.37. The molecule has 1 aromatic carbocycles. The van der Waals surface area contributed by atoms with Gasteiger partial charge in [-0.2, -0.15) is 0 Å². The summed E-state index contributed by atoms with van der Waals surface area (Å²) < 4.78 is 21.3. The largest absolute Gasteiger partial charge is 0.494 e. The summed E-state index contributed by atoms with van der Waals surface area (Å²) in [6.07, 6.45) is 0.385. The first-order valence-electron chi connectivity index (χ1n) is 10.9. The molecule has 2 aliphatic rings. The number of anilines is 1. The number of carbonyl (C=O) groups is 3. The molecule has 0 N–H and O–H groups in total. The molecule has 1 saturated heterocycles. The van der Waals surface area contributed by atoms with Crippen molar-refractivity contribution in [1.82, 2.24) is 4.90 Å². The first-order valence-corrected chi connectivity index (χ1v) is 10.9. The van der Waals surface area contributed by atoms with Crippen LogP contribution in [0.3, 0.4) is 0 Å². The highest BCUT2D eigenvalue weighted by Gasteiger charge is 2.43. The van der Waals surface area contributed by atoms with Crippen molar-refractivity contribution in [3.05, 3.63) is 23.8 Å². The number of esters is 1. The van der Waals surface area contributed by atoms with Gasteiger partial charge in [-0.1, -0.05) is 0 Å². The van der Waals surface area contributed by atoms with E-state index in [9.17, 15) is 14.4 Å². The molecule has 1 amide bonds. The lowest BCUT2D eigenvalue weighted by Gasteiger charge is -2.28. The summed E-state index contributed by atoms with van der Waals surface area (Å²) in [6.45, 7) is 10.1. The summed E-state index contributed by atoms with van der Waals surface area (Å²) in [5, 5.41) is 0. The van der Waals surface area contributed by atoms with Crippen LogP contribution in [-0.2, 0) is 30.2 Å². The molecular weight excluding hydrogens is 416 g/mol. The number of fused-ring (bicyclic) bond motifs is 1. The van der Waals surface area contributed by atoms with Crippen LogP contribution < -0.4 is 9.64 Å². The van der Waals surface area contributed by atoms with Gasteiger partial charge in [0.15, 0.2) is 0 Å². The van der Waals surface area contributed by atoms with Crippen molar-refractivity contribution in [3.63, 3.8) is 0 Å². The summed E-state index contributed by atoms with van der Waals surface area (Å²) >= 11 is 0. The molecule has 9 heteroatoms. The van der Waals surface area contributed by atoms with E-state index in [-0.39, 0.29) is 6.42 Å². The molecular formula is C23H32N2O7. The van der Waals surface area contributed by atoms with Crippen molar-refractivity contribution < 1.29 is 33.3 Å². The summed E-state index contributed by atoms with van der Waals surface area (Å²) in [5.41, 5.74) is 0.522. The zero-order valence-electron chi connectivity index (χ0n) is 19.2. The minimum Gasteiger partial charge on any atom is -0.494 e. The van der Waals surface area contributed by atoms with Gasteiger partial charge in [0.2, 0.25) is 0 Å². The molecule has 32 heavy (non-hydrogen) atoms. The highest BCUT2D eigenvalue weighted by Crippen LogP contribution is 2.36.